The van der Waals surface area contributed by atoms with Gasteiger partial charge in [0.1, 0.15) is 0 Å². The van der Waals surface area contributed by atoms with Gasteiger partial charge in [-0.05, 0) is 6.07 Å². The second-order valence-electron chi connectivity index (χ2n) is 4.74. The lowest BCUT2D eigenvalue weighted by molar-refractivity contribution is -0.0794. The molecule has 5 heteroatoms. The molecular weight excluding hydrogens is 248 g/mol. The predicted molar refractivity (Wildman–Crippen MR) is 69.1 cm³/mol. The molecule has 0 saturated heterocycles. The fraction of sp³-hybridized carbons (Fsp3) is 0.286. The molecule has 1 N–H and O–H groups in total. The first-order valence-corrected chi connectivity index (χ1v) is 6.15. The Morgan fingerprint density at radius 3 is 2.53 bits per heavy atom. The Balaban J connectivity index is 1.74. The highest BCUT2D eigenvalue weighted by Crippen LogP contribution is 2.38. The van der Waals surface area contributed by atoms with Crippen LogP contribution in [0.4, 0.5) is 14.7 Å². The fourth-order valence-corrected chi connectivity index (χ4v) is 2.14. The molecule has 0 unspecified atom stereocenters. The highest BCUT2D eigenvalue weighted by Gasteiger charge is 2.45. The Hall–Kier alpha value is -2.04. The molecule has 0 bridgehead atoms. The van der Waals surface area contributed by atoms with Gasteiger partial charge in [0.15, 0.2) is 0 Å². The Morgan fingerprint density at radius 1 is 1.11 bits per heavy atom. The number of halogens is 2. The summed E-state index contributed by atoms with van der Waals surface area (Å²) in [5.41, 5.74) is 1.76. The van der Waals surface area contributed by atoms with E-state index in [2.05, 4.69) is 15.3 Å². The molecule has 1 saturated carbocycles. The van der Waals surface area contributed by atoms with Crippen LogP contribution >= 0.6 is 0 Å². The Kier molecular flexibility index (Phi) is 2.89. The van der Waals surface area contributed by atoms with Crippen molar-refractivity contribution in [2.24, 2.45) is 0 Å². The van der Waals surface area contributed by atoms with Crippen molar-refractivity contribution >= 4 is 5.95 Å². The van der Waals surface area contributed by atoms with Crippen LogP contribution in [0.2, 0.25) is 0 Å². The molecule has 1 aliphatic rings. The quantitative estimate of drug-likeness (QED) is 0.920. The molecule has 3 nitrogen and oxygen atoms in total. The van der Waals surface area contributed by atoms with E-state index in [0.717, 1.165) is 11.3 Å². The van der Waals surface area contributed by atoms with Gasteiger partial charge in [0.05, 0.1) is 5.69 Å². The molecule has 1 heterocycles. The van der Waals surface area contributed by atoms with Gasteiger partial charge in [-0.2, -0.15) is 0 Å². The van der Waals surface area contributed by atoms with Gasteiger partial charge in [-0.25, -0.2) is 18.7 Å². The van der Waals surface area contributed by atoms with Gasteiger partial charge in [-0.15, -0.1) is 0 Å². The highest BCUT2D eigenvalue weighted by molar-refractivity contribution is 5.59. The summed E-state index contributed by atoms with van der Waals surface area (Å²) in [6.45, 7) is 0. The third-order valence-electron chi connectivity index (χ3n) is 3.15. The number of nitrogens with zero attached hydrogens (tertiary/aromatic N) is 2. The van der Waals surface area contributed by atoms with Crippen LogP contribution in [0.5, 0.6) is 0 Å². The summed E-state index contributed by atoms with van der Waals surface area (Å²) in [7, 11) is 0. The third kappa shape index (κ3) is 2.70. The summed E-state index contributed by atoms with van der Waals surface area (Å²) >= 11 is 0. The average Bonchev–Trinajstić information content (AvgIpc) is 2.38. The van der Waals surface area contributed by atoms with Gasteiger partial charge in [-0.3, -0.25) is 0 Å². The summed E-state index contributed by atoms with van der Waals surface area (Å²) in [6.07, 6.45) is 1.34. The molecule has 0 spiro atoms. The molecule has 2 aromatic rings. The maximum atomic E-state index is 12.8. The number of hydrogen-bond acceptors (Lipinski definition) is 3. The zero-order valence-electron chi connectivity index (χ0n) is 10.2. The predicted octanol–water partition coefficient (Wildman–Crippen LogP) is 3.35. The van der Waals surface area contributed by atoms with Crippen LogP contribution in [0.25, 0.3) is 11.3 Å². The molecule has 1 aromatic heterocycles. The second kappa shape index (κ2) is 4.57. The number of benzene rings is 1. The molecule has 0 atom stereocenters. The van der Waals surface area contributed by atoms with Crippen LogP contribution in [0, 0.1) is 0 Å². The van der Waals surface area contributed by atoms with Crippen molar-refractivity contribution < 1.29 is 8.78 Å². The van der Waals surface area contributed by atoms with Gasteiger partial charge in [0.25, 0.3) is 5.92 Å². The van der Waals surface area contributed by atoms with Crippen LogP contribution in [0.15, 0.2) is 42.6 Å². The molecule has 1 aliphatic carbocycles. The van der Waals surface area contributed by atoms with E-state index in [1.165, 1.54) is 0 Å². The Bertz CT molecular complexity index is 564. The number of alkyl halides is 2. The average molecular weight is 261 g/mol. The lowest BCUT2D eigenvalue weighted by atomic mass is 9.88. The first-order valence-electron chi connectivity index (χ1n) is 6.15. The zero-order valence-corrected chi connectivity index (χ0v) is 10.2. The lowest BCUT2D eigenvalue weighted by Crippen LogP contribution is -2.44. The Morgan fingerprint density at radius 2 is 1.84 bits per heavy atom. The number of hydrogen-bond donors (Lipinski definition) is 1. The van der Waals surface area contributed by atoms with Crippen molar-refractivity contribution in [1.82, 2.24) is 9.97 Å². The van der Waals surface area contributed by atoms with E-state index in [-0.39, 0.29) is 18.9 Å². The fourth-order valence-electron chi connectivity index (χ4n) is 2.14. The first kappa shape index (κ1) is 12.0. The topological polar surface area (TPSA) is 37.8 Å². The van der Waals surface area contributed by atoms with Gasteiger partial charge in [-0.1, -0.05) is 30.3 Å². The summed E-state index contributed by atoms with van der Waals surface area (Å²) in [4.78, 5) is 8.41. The van der Waals surface area contributed by atoms with Crippen LogP contribution < -0.4 is 5.32 Å². The molecule has 1 aromatic carbocycles. The second-order valence-corrected chi connectivity index (χ2v) is 4.74. The normalized spacial score (nSPS) is 17.8. The monoisotopic (exact) mass is 261 g/mol. The van der Waals surface area contributed by atoms with Crippen molar-refractivity contribution in [1.29, 1.82) is 0 Å². The minimum absolute atomic E-state index is 0.147. The largest absolute Gasteiger partial charge is 0.351 e. The van der Waals surface area contributed by atoms with Crippen LogP contribution in [-0.4, -0.2) is 21.9 Å². The SMILES string of the molecule is FC1(F)CC(Nc2nccc(-c3ccccc3)n2)C1. The molecule has 1 fully saturated rings. The van der Waals surface area contributed by atoms with Gasteiger partial charge in [0.2, 0.25) is 5.95 Å². The molecule has 19 heavy (non-hydrogen) atoms. The summed E-state index contributed by atoms with van der Waals surface area (Å²) in [6, 6.07) is 11.2. The maximum absolute atomic E-state index is 12.8. The Labute approximate surface area is 109 Å². The minimum atomic E-state index is -2.53. The van der Waals surface area contributed by atoms with Crippen LogP contribution in [0.3, 0.4) is 0 Å². The summed E-state index contributed by atoms with van der Waals surface area (Å²) in [5.74, 6) is -2.13. The molecule has 98 valence electrons. The summed E-state index contributed by atoms with van der Waals surface area (Å²) < 4.78 is 25.5. The number of aromatic nitrogens is 2. The summed E-state index contributed by atoms with van der Waals surface area (Å²) in [5, 5.41) is 2.94. The standard InChI is InChI=1S/C14H13F2N3/c15-14(16)8-11(9-14)18-13-17-7-6-12(19-13)10-4-2-1-3-5-10/h1-7,11H,8-9H2,(H,17,18,19). The van der Waals surface area contributed by atoms with Gasteiger partial charge < -0.3 is 5.32 Å². The highest BCUT2D eigenvalue weighted by atomic mass is 19.3. The van der Waals surface area contributed by atoms with Gasteiger partial charge in [0, 0.05) is 30.6 Å². The smallest absolute Gasteiger partial charge is 0.252 e. The van der Waals surface area contributed by atoms with E-state index in [1.807, 2.05) is 30.3 Å². The van der Waals surface area contributed by atoms with Crippen LogP contribution in [0.1, 0.15) is 12.8 Å². The van der Waals surface area contributed by atoms with E-state index in [4.69, 9.17) is 0 Å². The molecule has 0 amide bonds. The molecule has 0 radical (unpaired) electrons. The van der Waals surface area contributed by atoms with Crippen molar-refractivity contribution in [2.75, 3.05) is 5.32 Å². The third-order valence-corrected chi connectivity index (χ3v) is 3.15. The molecular formula is C14H13F2N3. The number of nitrogens with one attached hydrogen (secondary N) is 1. The molecule has 3 rings (SSSR count). The van der Waals surface area contributed by atoms with Crippen molar-refractivity contribution in [3.8, 4) is 11.3 Å². The van der Waals surface area contributed by atoms with E-state index in [0.29, 0.717) is 5.95 Å². The minimum Gasteiger partial charge on any atom is -0.351 e. The van der Waals surface area contributed by atoms with E-state index < -0.39 is 5.92 Å². The van der Waals surface area contributed by atoms with Crippen molar-refractivity contribution in [3.05, 3.63) is 42.6 Å². The molecule has 0 aliphatic heterocycles. The van der Waals surface area contributed by atoms with Gasteiger partial charge >= 0.3 is 0 Å². The lowest BCUT2D eigenvalue weighted by Gasteiger charge is -2.35. The van der Waals surface area contributed by atoms with Crippen molar-refractivity contribution in [2.45, 2.75) is 24.8 Å². The van der Waals surface area contributed by atoms with E-state index in [9.17, 15) is 8.78 Å². The van der Waals surface area contributed by atoms with E-state index >= 15 is 0 Å². The van der Waals surface area contributed by atoms with E-state index in [1.54, 1.807) is 12.3 Å². The number of rotatable bonds is 3. The zero-order chi connectivity index (χ0) is 13.3. The van der Waals surface area contributed by atoms with Crippen molar-refractivity contribution in [3.63, 3.8) is 0 Å². The maximum Gasteiger partial charge on any atom is 0.252 e. The number of anilines is 1. The first-order chi connectivity index (χ1) is 9.12. The van der Waals surface area contributed by atoms with Crippen LogP contribution in [-0.2, 0) is 0 Å².